The minimum Gasteiger partial charge on any atom is -0.448 e. The van der Waals surface area contributed by atoms with Gasteiger partial charge in [-0.1, -0.05) is 19.3 Å². The lowest BCUT2D eigenvalue weighted by Crippen LogP contribution is -2.47. The highest BCUT2D eigenvalue weighted by Gasteiger charge is 2.34. The summed E-state index contributed by atoms with van der Waals surface area (Å²) in [6, 6.07) is 0.399. The summed E-state index contributed by atoms with van der Waals surface area (Å²) in [4.78, 5) is 27.7. The molecular formula is C15H24N2O3. The molecule has 0 N–H and O–H groups in total. The minimum absolute atomic E-state index is 0.114. The van der Waals surface area contributed by atoms with Crippen LogP contribution in [0, 0.1) is 5.92 Å². The van der Waals surface area contributed by atoms with Gasteiger partial charge in [0.05, 0.1) is 6.54 Å². The largest absolute Gasteiger partial charge is 0.448 e. The number of nitrogens with zero attached hydrogens (tertiary/aromatic N) is 2. The van der Waals surface area contributed by atoms with Crippen molar-refractivity contribution in [2.45, 2.75) is 51.0 Å². The molecule has 0 aromatic carbocycles. The Morgan fingerprint density at radius 2 is 1.95 bits per heavy atom. The van der Waals surface area contributed by atoms with E-state index in [0.29, 0.717) is 25.1 Å². The summed E-state index contributed by atoms with van der Waals surface area (Å²) >= 11 is 0. The van der Waals surface area contributed by atoms with Crippen LogP contribution >= 0.6 is 0 Å². The molecule has 0 bridgehead atoms. The number of ether oxygens (including phenoxy) is 1. The number of hydrogen-bond donors (Lipinski definition) is 0. The summed E-state index contributed by atoms with van der Waals surface area (Å²) in [5.41, 5.74) is 0. The van der Waals surface area contributed by atoms with E-state index in [9.17, 15) is 9.59 Å². The Morgan fingerprint density at radius 3 is 2.55 bits per heavy atom. The zero-order valence-corrected chi connectivity index (χ0v) is 12.1. The van der Waals surface area contributed by atoms with Crippen molar-refractivity contribution < 1.29 is 14.3 Å². The number of carbonyl (C=O) groups is 2. The Bertz CT molecular complexity index is 375. The number of rotatable bonds is 5. The summed E-state index contributed by atoms with van der Waals surface area (Å²) in [6.07, 6.45) is 8.17. The van der Waals surface area contributed by atoms with Crippen LogP contribution in [0.2, 0.25) is 0 Å². The van der Waals surface area contributed by atoms with Crippen LogP contribution in [0.25, 0.3) is 0 Å². The normalized spacial score (nSPS) is 23.8. The van der Waals surface area contributed by atoms with E-state index in [1.54, 1.807) is 0 Å². The molecule has 2 amide bonds. The summed E-state index contributed by atoms with van der Waals surface area (Å²) in [6.45, 7) is 2.05. The second-order valence-electron chi connectivity index (χ2n) is 6.32. The zero-order valence-electron chi connectivity index (χ0n) is 12.1. The first-order valence-corrected chi connectivity index (χ1v) is 7.95. The molecule has 1 saturated heterocycles. The molecule has 1 heterocycles. The van der Waals surface area contributed by atoms with Crippen molar-refractivity contribution in [1.82, 2.24) is 9.80 Å². The van der Waals surface area contributed by atoms with Crippen molar-refractivity contribution in [3.63, 3.8) is 0 Å². The molecule has 0 aromatic heterocycles. The minimum atomic E-state index is -0.339. The number of hydrogen-bond acceptors (Lipinski definition) is 3. The fourth-order valence-corrected chi connectivity index (χ4v) is 3.25. The van der Waals surface area contributed by atoms with Crippen molar-refractivity contribution in [1.29, 1.82) is 0 Å². The van der Waals surface area contributed by atoms with Crippen LogP contribution in [0.15, 0.2) is 0 Å². The van der Waals surface area contributed by atoms with E-state index in [1.807, 2.05) is 0 Å². The van der Waals surface area contributed by atoms with Crippen LogP contribution in [0.5, 0.6) is 0 Å². The van der Waals surface area contributed by atoms with E-state index < -0.39 is 0 Å². The quantitative estimate of drug-likeness (QED) is 0.774. The standard InChI is InChI=1S/C15H24N2O3/c18-14(11-16-8-9-20-15(16)19)17(10-12-6-7-12)13-4-2-1-3-5-13/h12-13H,1-11H2. The van der Waals surface area contributed by atoms with Crippen molar-refractivity contribution in [2.75, 3.05) is 26.2 Å². The van der Waals surface area contributed by atoms with Crippen molar-refractivity contribution in [3.8, 4) is 0 Å². The maximum atomic E-state index is 12.6. The third kappa shape index (κ3) is 3.25. The van der Waals surface area contributed by atoms with Crippen LogP contribution < -0.4 is 0 Å². The van der Waals surface area contributed by atoms with Gasteiger partial charge in [-0.25, -0.2) is 4.79 Å². The monoisotopic (exact) mass is 280 g/mol. The van der Waals surface area contributed by atoms with Gasteiger partial charge >= 0.3 is 6.09 Å². The summed E-state index contributed by atoms with van der Waals surface area (Å²) in [7, 11) is 0. The molecule has 3 rings (SSSR count). The van der Waals surface area contributed by atoms with Gasteiger partial charge in [0.2, 0.25) is 5.91 Å². The van der Waals surface area contributed by atoms with E-state index in [2.05, 4.69) is 4.90 Å². The lowest BCUT2D eigenvalue weighted by atomic mass is 9.94. The summed E-state index contributed by atoms with van der Waals surface area (Å²) < 4.78 is 4.90. The lowest BCUT2D eigenvalue weighted by molar-refractivity contribution is -0.135. The van der Waals surface area contributed by atoms with Gasteiger partial charge < -0.3 is 9.64 Å². The molecule has 3 fully saturated rings. The van der Waals surface area contributed by atoms with Crippen LogP contribution in [0.4, 0.5) is 4.79 Å². The lowest BCUT2D eigenvalue weighted by Gasteiger charge is -2.35. The van der Waals surface area contributed by atoms with Gasteiger partial charge in [-0.2, -0.15) is 0 Å². The molecule has 2 saturated carbocycles. The molecular weight excluding hydrogens is 256 g/mol. The molecule has 0 aromatic rings. The molecule has 0 atom stereocenters. The van der Waals surface area contributed by atoms with E-state index in [1.165, 1.54) is 37.0 Å². The van der Waals surface area contributed by atoms with Gasteiger partial charge in [0.15, 0.2) is 0 Å². The Labute approximate surface area is 120 Å². The van der Waals surface area contributed by atoms with Crippen molar-refractivity contribution >= 4 is 12.0 Å². The fraction of sp³-hybridized carbons (Fsp3) is 0.867. The Morgan fingerprint density at radius 1 is 1.20 bits per heavy atom. The SMILES string of the molecule is O=C1OCCN1CC(=O)N(CC1CC1)C1CCCCC1. The average molecular weight is 280 g/mol. The second kappa shape index (κ2) is 6.02. The zero-order chi connectivity index (χ0) is 13.9. The molecule has 3 aliphatic rings. The van der Waals surface area contributed by atoms with Crippen molar-refractivity contribution in [2.24, 2.45) is 5.92 Å². The van der Waals surface area contributed by atoms with Crippen LogP contribution in [-0.2, 0) is 9.53 Å². The Hall–Kier alpha value is -1.26. The fourth-order valence-electron chi connectivity index (χ4n) is 3.25. The van der Waals surface area contributed by atoms with E-state index in [4.69, 9.17) is 4.74 Å². The molecule has 0 radical (unpaired) electrons. The highest BCUT2D eigenvalue weighted by molar-refractivity contribution is 5.83. The first kappa shape index (κ1) is 13.7. The first-order chi connectivity index (χ1) is 9.74. The van der Waals surface area contributed by atoms with Crippen LogP contribution in [0.3, 0.4) is 0 Å². The highest BCUT2D eigenvalue weighted by Crippen LogP contribution is 2.32. The topological polar surface area (TPSA) is 49.9 Å². The number of carbonyl (C=O) groups excluding carboxylic acids is 2. The molecule has 112 valence electrons. The third-order valence-electron chi connectivity index (χ3n) is 4.66. The predicted octanol–water partition coefficient (Wildman–Crippen LogP) is 2.01. The number of amides is 2. The molecule has 0 spiro atoms. The smallest absolute Gasteiger partial charge is 0.410 e. The number of cyclic esters (lactones) is 1. The Kier molecular flexibility index (Phi) is 4.13. The van der Waals surface area contributed by atoms with Crippen molar-refractivity contribution in [3.05, 3.63) is 0 Å². The summed E-state index contributed by atoms with van der Waals surface area (Å²) in [5, 5.41) is 0. The van der Waals surface area contributed by atoms with Gasteiger partial charge in [-0.05, 0) is 31.6 Å². The third-order valence-corrected chi connectivity index (χ3v) is 4.66. The van der Waals surface area contributed by atoms with E-state index >= 15 is 0 Å². The highest BCUT2D eigenvalue weighted by atomic mass is 16.6. The van der Waals surface area contributed by atoms with Gasteiger partial charge in [-0.3, -0.25) is 9.69 Å². The average Bonchev–Trinajstić information content (AvgIpc) is 3.20. The molecule has 2 aliphatic carbocycles. The maximum Gasteiger partial charge on any atom is 0.410 e. The van der Waals surface area contributed by atoms with Gasteiger partial charge in [0, 0.05) is 12.6 Å². The molecule has 1 aliphatic heterocycles. The molecule has 5 nitrogen and oxygen atoms in total. The van der Waals surface area contributed by atoms with Gasteiger partial charge in [-0.15, -0.1) is 0 Å². The first-order valence-electron chi connectivity index (χ1n) is 7.95. The van der Waals surface area contributed by atoms with Gasteiger partial charge in [0.1, 0.15) is 13.2 Å². The maximum absolute atomic E-state index is 12.6. The molecule has 5 heteroatoms. The van der Waals surface area contributed by atoms with E-state index in [-0.39, 0.29) is 18.5 Å². The van der Waals surface area contributed by atoms with Gasteiger partial charge in [0.25, 0.3) is 0 Å². The molecule has 0 unspecified atom stereocenters. The molecule has 20 heavy (non-hydrogen) atoms. The van der Waals surface area contributed by atoms with E-state index in [0.717, 1.165) is 19.4 Å². The Balaban J connectivity index is 1.60. The van der Waals surface area contributed by atoms with Crippen LogP contribution in [0.1, 0.15) is 44.9 Å². The predicted molar refractivity (Wildman–Crippen MR) is 74.2 cm³/mol. The second-order valence-corrected chi connectivity index (χ2v) is 6.32. The van der Waals surface area contributed by atoms with Crippen LogP contribution in [-0.4, -0.2) is 54.1 Å². The summed E-state index contributed by atoms with van der Waals surface area (Å²) in [5.74, 6) is 0.814.